The van der Waals surface area contributed by atoms with E-state index in [2.05, 4.69) is 5.10 Å². The van der Waals surface area contributed by atoms with Gasteiger partial charge in [-0.1, -0.05) is 91.0 Å². The van der Waals surface area contributed by atoms with Crippen molar-refractivity contribution in [2.75, 3.05) is 31.6 Å². The molecule has 1 amide bonds. The van der Waals surface area contributed by atoms with E-state index in [1.54, 1.807) is 29.2 Å². The second-order valence-corrected chi connectivity index (χ2v) is 9.80. The van der Waals surface area contributed by atoms with Crippen LogP contribution >= 0.6 is 0 Å². The van der Waals surface area contributed by atoms with E-state index in [9.17, 15) is 22.8 Å². The van der Waals surface area contributed by atoms with Gasteiger partial charge in [-0.25, -0.2) is 9.48 Å². The van der Waals surface area contributed by atoms with Crippen LogP contribution in [0.3, 0.4) is 0 Å². The summed E-state index contributed by atoms with van der Waals surface area (Å²) in [6.45, 7) is 0.366. The number of ether oxygens (including phenoxy) is 1. The number of amides is 1. The molecule has 1 aliphatic heterocycles. The van der Waals surface area contributed by atoms with E-state index >= 15 is 0 Å². The molecule has 1 saturated heterocycles. The summed E-state index contributed by atoms with van der Waals surface area (Å²) in [7, 11) is 1.23. The Morgan fingerprint density at radius 1 is 0.902 bits per heavy atom. The van der Waals surface area contributed by atoms with Crippen LogP contribution in [-0.4, -0.2) is 59.3 Å². The van der Waals surface area contributed by atoms with E-state index in [-0.39, 0.29) is 37.9 Å². The van der Waals surface area contributed by atoms with Crippen LogP contribution in [0.25, 0.3) is 0 Å². The van der Waals surface area contributed by atoms with Crippen LogP contribution in [0, 0.1) is 0 Å². The van der Waals surface area contributed by atoms with Crippen molar-refractivity contribution in [3.05, 3.63) is 119 Å². The first kappa shape index (κ1) is 27.9. The van der Waals surface area contributed by atoms with Crippen LogP contribution in [0.2, 0.25) is 0 Å². The summed E-state index contributed by atoms with van der Waals surface area (Å²) in [5, 5.41) is 3.86. The largest absolute Gasteiger partial charge is 0.467 e. The lowest BCUT2D eigenvalue weighted by molar-refractivity contribution is -0.153. The number of esters is 1. The standard InChI is InChI=1S/C31H29F3N4O3/c1-41-30(40)25-21-36(27-19-26(31(32,33)34)35-38(27)20-22-11-5-2-6-12-22)17-18-37(25)29(39)28(23-13-7-3-8-14-23)24-15-9-4-10-16-24/h2-16,19,25,28H,17-18,20-21H2,1H3. The zero-order valence-electron chi connectivity index (χ0n) is 22.4. The highest BCUT2D eigenvalue weighted by molar-refractivity contribution is 5.91. The quantitative estimate of drug-likeness (QED) is 0.298. The molecule has 0 aliphatic carbocycles. The molecule has 212 valence electrons. The first-order chi connectivity index (χ1) is 19.8. The SMILES string of the molecule is COC(=O)C1CN(c2cc(C(F)(F)F)nn2Cc2ccccc2)CCN1C(=O)C(c1ccccc1)c1ccccc1. The molecule has 1 atom stereocenters. The maximum Gasteiger partial charge on any atom is 0.435 e. The Kier molecular flexibility index (Phi) is 8.09. The number of hydrogen-bond acceptors (Lipinski definition) is 5. The number of methoxy groups -OCH3 is 1. The van der Waals surface area contributed by atoms with Gasteiger partial charge in [-0.05, 0) is 16.7 Å². The van der Waals surface area contributed by atoms with E-state index in [0.717, 1.165) is 22.8 Å². The number of halogens is 3. The van der Waals surface area contributed by atoms with Gasteiger partial charge in [0, 0.05) is 19.2 Å². The van der Waals surface area contributed by atoms with Crippen molar-refractivity contribution in [2.45, 2.75) is 24.7 Å². The molecule has 10 heteroatoms. The molecular weight excluding hydrogens is 533 g/mol. The lowest BCUT2D eigenvalue weighted by Gasteiger charge is -2.42. The van der Waals surface area contributed by atoms with Crippen LogP contribution in [0.1, 0.15) is 28.3 Å². The van der Waals surface area contributed by atoms with Crippen LogP contribution in [-0.2, 0) is 27.0 Å². The van der Waals surface area contributed by atoms with E-state index in [4.69, 9.17) is 4.74 Å². The molecule has 1 unspecified atom stereocenters. The zero-order chi connectivity index (χ0) is 29.0. The fourth-order valence-corrected chi connectivity index (χ4v) is 5.20. The maximum absolute atomic E-state index is 14.2. The van der Waals surface area contributed by atoms with Crippen molar-refractivity contribution in [3.63, 3.8) is 0 Å². The van der Waals surface area contributed by atoms with Crippen molar-refractivity contribution in [3.8, 4) is 0 Å². The molecule has 0 radical (unpaired) electrons. The molecule has 0 N–H and O–H groups in total. The summed E-state index contributed by atoms with van der Waals surface area (Å²) in [5.41, 5.74) is 1.29. The molecule has 4 aromatic rings. The van der Waals surface area contributed by atoms with Gasteiger partial charge in [0.2, 0.25) is 5.91 Å². The average Bonchev–Trinajstić information content (AvgIpc) is 3.42. The molecule has 0 bridgehead atoms. The normalized spacial score (nSPS) is 15.7. The molecule has 41 heavy (non-hydrogen) atoms. The van der Waals surface area contributed by atoms with Gasteiger partial charge in [0.05, 0.1) is 26.1 Å². The van der Waals surface area contributed by atoms with Crippen molar-refractivity contribution in [1.29, 1.82) is 0 Å². The molecule has 1 aliphatic rings. The minimum atomic E-state index is -4.64. The minimum absolute atomic E-state index is 0.0491. The van der Waals surface area contributed by atoms with Gasteiger partial charge in [0.1, 0.15) is 11.9 Å². The fraction of sp³-hybridized carbons (Fsp3) is 0.258. The molecule has 2 heterocycles. The Balaban J connectivity index is 1.48. The summed E-state index contributed by atoms with van der Waals surface area (Å²) in [5.74, 6) is -1.39. The molecular formula is C31H29F3N4O3. The van der Waals surface area contributed by atoms with Gasteiger partial charge in [-0.3, -0.25) is 4.79 Å². The molecule has 0 spiro atoms. The summed E-state index contributed by atoms with van der Waals surface area (Å²) < 4.78 is 47.5. The number of benzene rings is 3. The predicted molar refractivity (Wildman–Crippen MR) is 147 cm³/mol. The zero-order valence-corrected chi connectivity index (χ0v) is 22.4. The maximum atomic E-state index is 14.2. The Morgan fingerprint density at radius 3 is 2.00 bits per heavy atom. The van der Waals surface area contributed by atoms with Gasteiger partial charge < -0.3 is 14.5 Å². The predicted octanol–water partition coefficient (Wildman–Crippen LogP) is 4.97. The van der Waals surface area contributed by atoms with Crippen molar-refractivity contribution in [1.82, 2.24) is 14.7 Å². The number of carbonyl (C=O) groups is 2. The summed E-state index contributed by atoms with van der Waals surface area (Å²) in [6, 6.07) is 27.5. The van der Waals surface area contributed by atoms with Crippen LogP contribution < -0.4 is 4.90 Å². The number of anilines is 1. The van der Waals surface area contributed by atoms with Gasteiger partial charge in [0.25, 0.3) is 0 Å². The minimum Gasteiger partial charge on any atom is -0.467 e. The summed E-state index contributed by atoms with van der Waals surface area (Å²) in [4.78, 5) is 30.3. The van der Waals surface area contributed by atoms with Gasteiger partial charge in [-0.15, -0.1) is 0 Å². The number of alkyl halides is 3. The van der Waals surface area contributed by atoms with Crippen molar-refractivity contribution >= 4 is 17.7 Å². The first-order valence-corrected chi connectivity index (χ1v) is 13.2. The van der Waals surface area contributed by atoms with Crippen LogP contribution in [0.5, 0.6) is 0 Å². The topological polar surface area (TPSA) is 67.7 Å². The van der Waals surface area contributed by atoms with E-state index in [1.165, 1.54) is 16.7 Å². The molecule has 1 fully saturated rings. The van der Waals surface area contributed by atoms with E-state index < -0.39 is 29.8 Å². The van der Waals surface area contributed by atoms with Gasteiger partial charge >= 0.3 is 12.1 Å². The smallest absolute Gasteiger partial charge is 0.435 e. The van der Waals surface area contributed by atoms with Crippen LogP contribution in [0.4, 0.5) is 19.0 Å². The average molecular weight is 563 g/mol. The highest BCUT2D eigenvalue weighted by Gasteiger charge is 2.41. The number of nitrogens with zero attached hydrogens (tertiary/aromatic N) is 4. The second kappa shape index (κ2) is 11.9. The third-order valence-electron chi connectivity index (χ3n) is 7.20. The van der Waals surface area contributed by atoms with Gasteiger partial charge in [0.15, 0.2) is 5.69 Å². The fourth-order valence-electron chi connectivity index (χ4n) is 5.20. The van der Waals surface area contributed by atoms with Crippen molar-refractivity contribution < 1.29 is 27.5 Å². The molecule has 1 aromatic heterocycles. The lowest BCUT2D eigenvalue weighted by Crippen LogP contribution is -2.60. The molecule has 3 aromatic carbocycles. The Hall–Kier alpha value is -4.60. The third kappa shape index (κ3) is 6.11. The molecule has 7 nitrogen and oxygen atoms in total. The highest BCUT2D eigenvalue weighted by Crippen LogP contribution is 2.34. The Labute approximate surface area is 235 Å². The Morgan fingerprint density at radius 2 is 1.46 bits per heavy atom. The number of carbonyl (C=O) groups excluding carboxylic acids is 2. The second-order valence-electron chi connectivity index (χ2n) is 9.80. The van der Waals surface area contributed by atoms with E-state index in [0.29, 0.717) is 0 Å². The first-order valence-electron chi connectivity index (χ1n) is 13.2. The molecule has 5 rings (SSSR count). The van der Waals surface area contributed by atoms with Crippen LogP contribution in [0.15, 0.2) is 97.1 Å². The number of rotatable bonds is 7. The third-order valence-corrected chi connectivity index (χ3v) is 7.20. The number of piperazine rings is 1. The number of aromatic nitrogens is 2. The summed E-state index contributed by atoms with van der Waals surface area (Å²) in [6.07, 6.45) is -4.64. The molecule has 0 saturated carbocycles. The van der Waals surface area contributed by atoms with Crippen molar-refractivity contribution in [2.24, 2.45) is 0 Å². The monoisotopic (exact) mass is 562 g/mol. The lowest BCUT2D eigenvalue weighted by atomic mass is 9.89. The van der Waals surface area contributed by atoms with E-state index in [1.807, 2.05) is 66.7 Å². The number of hydrogen-bond donors (Lipinski definition) is 0. The summed E-state index contributed by atoms with van der Waals surface area (Å²) >= 11 is 0. The van der Waals surface area contributed by atoms with Gasteiger partial charge in [-0.2, -0.15) is 18.3 Å². The highest BCUT2D eigenvalue weighted by atomic mass is 19.4. The Bertz CT molecular complexity index is 1440.